The molecule has 9 heteroatoms. The van der Waals surface area contributed by atoms with Crippen LogP contribution in [0.3, 0.4) is 0 Å². The zero-order valence-electron chi connectivity index (χ0n) is 9.45. The molecular formula is C8H14N2O5S2. The Balaban J connectivity index is 2.59. The van der Waals surface area contributed by atoms with Crippen molar-refractivity contribution in [1.29, 1.82) is 0 Å². The number of aliphatic imine (C=N–C) groups is 1. The molecule has 1 unspecified atom stereocenters. The lowest BCUT2D eigenvalue weighted by Crippen LogP contribution is -2.32. The molecule has 1 heterocycles. The minimum absolute atomic E-state index is 0.0334. The fraction of sp³-hybridized carbons (Fsp3) is 0.625. The van der Waals surface area contributed by atoms with Crippen LogP contribution in [0.5, 0.6) is 0 Å². The topological polar surface area (TPSA) is 102 Å². The quantitative estimate of drug-likeness (QED) is 0.701. The zero-order valence-corrected chi connectivity index (χ0v) is 11.1. The predicted molar refractivity (Wildman–Crippen MR) is 64.0 cm³/mol. The van der Waals surface area contributed by atoms with Gasteiger partial charge < -0.3 is 10.1 Å². The van der Waals surface area contributed by atoms with Crippen molar-refractivity contribution < 1.29 is 21.6 Å². The number of hydrogen-bond acceptors (Lipinski definition) is 7. The number of rotatable bonds is 4. The summed E-state index contributed by atoms with van der Waals surface area (Å²) in [6.07, 6.45) is 4.24. The minimum Gasteiger partial charge on any atom is -0.352 e. The van der Waals surface area contributed by atoms with Gasteiger partial charge in [-0.3, -0.25) is 0 Å². The third kappa shape index (κ3) is 5.29. The Morgan fingerprint density at radius 1 is 1.35 bits per heavy atom. The summed E-state index contributed by atoms with van der Waals surface area (Å²) in [7, 11) is -6.52. The molecular weight excluding hydrogens is 268 g/mol. The van der Waals surface area contributed by atoms with Gasteiger partial charge in [-0.25, -0.2) is 21.8 Å². The van der Waals surface area contributed by atoms with E-state index in [1.54, 1.807) is 0 Å². The van der Waals surface area contributed by atoms with Gasteiger partial charge in [-0.15, -0.1) is 0 Å². The molecule has 0 saturated heterocycles. The normalized spacial score (nSPS) is 20.8. The second kappa shape index (κ2) is 5.15. The third-order valence-corrected chi connectivity index (χ3v) is 3.64. The van der Waals surface area contributed by atoms with E-state index in [0.717, 1.165) is 12.5 Å². The predicted octanol–water partition coefficient (Wildman–Crippen LogP) is -1.11. The number of amidine groups is 1. The van der Waals surface area contributed by atoms with Gasteiger partial charge >= 0.3 is 0 Å². The van der Waals surface area contributed by atoms with Crippen molar-refractivity contribution in [3.63, 3.8) is 0 Å². The van der Waals surface area contributed by atoms with E-state index in [0.29, 0.717) is 0 Å². The summed E-state index contributed by atoms with van der Waals surface area (Å²) in [6.45, 7) is -0.0334. The molecule has 0 aliphatic carbocycles. The smallest absolute Gasteiger partial charge is 0.222 e. The Bertz CT molecular complexity index is 532. The summed E-state index contributed by atoms with van der Waals surface area (Å²) >= 11 is 0. The third-order valence-electron chi connectivity index (χ3n) is 1.81. The van der Waals surface area contributed by atoms with Crippen LogP contribution in [0.2, 0.25) is 0 Å². The molecule has 0 aromatic rings. The molecule has 0 aromatic heterocycles. The lowest BCUT2D eigenvalue weighted by Gasteiger charge is -2.15. The largest absolute Gasteiger partial charge is 0.352 e. The van der Waals surface area contributed by atoms with Crippen molar-refractivity contribution in [2.45, 2.75) is 6.23 Å². The SMILES string of the molecule is CS(=O)(=O)CCOC1C=CNC(S(C)(=O)=O)=N1. The van der Waals surface area contributed by atoms with Gasteiger partial charge in [0.05, 0.1) is 12.4 Å². The lowest BCUT2D eigenvalue weighted by atomic mass is 10.5. The van der Waals surface area contributed by atoms with Crippen molar-refractivity contribution in [2.75, 3.05) is 24.9 Å². The summed E-state index contributed by atoms with van der Waals surface area (Å²) in [6, 6.07) is 0. The Hall–Kier alpha value is -0.930. The minimum atomic E-state index is -3.42. The number of hydrogen-bond donors (Lipinski definition) is 1. The summed E-state index contributed by atoms with van der Waals surface area (Å²) in [5.74, 6) is -0.130. The summed E-state index contributed by atoms with van der Waals surface area (Å²) < 4.78 is 49.2. The number of nitrogens with one attached hydrogen (secondary N) is 1. The highest BCUT2D eigenvalue weighted by atomic mass is 32.2. The van der Waals surface area contributed by atoms with E-state index in [4.69, 9.17) is 4.74 Å². The van der Waals surface area contributed by atoms with Crippen LogP contribution in [0, 0.1) is 0 Å². The van der Waals surface area contributed by atoms with Crippen LogP contribution in [0.15, 0.2) is 17.3 Å². The molecule has 0 saturated carbocycles. The van der Waals surface area contributed by atoms with E-state index >= 15 is 0 Å². The maximum absolute atomic E-state index is 11.2. The second-order valence-electron chi connectivity index (χ2n) is 3.60. The lowest BCUT2D eigenvalue weighted by molar-refractivity contribution is 0.103. The fourth-order valence-corrected chi connectivity index (χ4v) is 1.99. The average molecular weight is 282 g/mol. The van der Waals surface area contributed by atoms with Crippen molar-refractivity contribution in [1.82, 2.24) is 5.32 Å². The van der Waals surface area contributed by atoms with E-state index in [1.807, 2.05) is 0 Å². The molecule has 17 heavy (non-hydrogen) atoms. The van der Waals surface area contributed by atoms with Gasteiger partial charge in [-0.1, -0.05) is 0 Å². The molecule has 0 bridgehead atoms. The van der Waals surface area contributed by atoms with Crippen molar-refractivity contribution >= 4 is 24.8 Å². The second-order valence-corrected chi connectivity index (χ2v) is 7.79. The number of ether oxygens (including phenoxy) is 1. The van der Waals surface area contributed by atoms with Crippen molar-refractivity contribution in [2.24, 2.45) is 4.99 Å². The summed E-state index contributed by atoms with van der Waals surface area (Å²) in [5.41, 5.74) is 0. The van der Waals surface area contributed by atoms with E-state index in [9.17, 15) is 16.8 Å². The zero-order chi connectivity index (χ0) is 13.1. The van der Waals surface area contributed by atoms with E-state index < -0.39 is 25.9 Å². The van der Waals surface area contributed by atoms with Crippen molar-refractivity contribution in [3.8, 4) is 0 Å². The van der Waals surface area contributed by atoms with Crippen LogP contribution < -0.4 is 5.32 Å². The Kier molecular flexibility index (Phi) is 4.28. The van der Waals surface area contributed by atoms with Gasteiger partial charge in [0.25, 0.3) is 0 Å². The molecule has 1 atom stereocenters. The molecule has 0 fully saturated rings. The van der Waals surface area contributed by atoms with Crippen LogP contribution in [-0.2, 0) is 24.4 Å². The van der Waals surface area contributed by atoms with Gasteiger partial charge in [0.15, 0.2) is 6.23 Å². The number of nitrogens with zero attached hydrogens (tertiary/aromatic N) is 1. The van der Waals surface area contributed by atoms with E-state index in [2.05, 4.69) is 10.3 Å². The van der Waals surface area contributed by atoms with Gasteiger partial charge in [-0.05, 0) is 6.08 Å². The highest BCUT2D eigenvalue weighted by Crippen LogP contribution is 2.04. The molecule has 0 spiro atoms. The molecule has 0 radical (unpaired) electrons. The van der Waals surface area contributed by atoms with Gasteiger partial charge in [0, 0.05) is 18.7 Å². The van der Waals surface area contributed by atoms with Crippen LogP contribution >= 0.6 is 0 Å². The maximum Gasteiger partial charge on any atom is 0.222 e. The molecule has 0 aromatic carbocycles. The Morgan fingerprint density at radius 2 is 2.00 bits per heavy atom. The first-order valence-corrected chi connectivity index (χ1v) is 8.64. The Labute approximate surface area is 100 Å². The maximum atomic E-state index is 11.2. The first-order chi connectivity index (χ1) is 7.68. The summed E-state index contributed by atoms with van der Waals surface area (Å²) in [4.78, 5) is 3.79. The molecule has 0 amide bonds. The van der Waals surface area contributed by atoms with Crippen LogP contribution in [0.4, 0.5) is 0 Å². The monoisotopic (exact) mass is 282 g/mol. The van der Waals surface area contributed by atoms with Crippen molar-refractivity contribution in [3.05, 3.63) is 12.3 Å². The van der Waals surface area contributed by atoms with Crippen LogP contribution in [0.25, 0.3) is 0 Å². The molecule has 1 aliphatic rings. The molecule has 1 N–H and O–H groups in total. The van der Waals surface area contributed by atoms with E-state index in [1.165, 1.54) is 12.3 Å². The van der Waals surface area contributed by atoms with Gasteiger partial charge in [-0.2, -0.15) is 0 Å². The summed E-state index contributed by atoms with van der Waals surface area (Å²) in [5, 5.41) is 2.29. The van der Waals surface area contributed by atoms with Gasteiger partial charge in [0.2, 0.25) is 15.0 Å². The average Bonchev–Trinajstić information content (AvgIpc) is 2.15. The van der Waals surface area contributed by atoms with E-state index in [-0.39, 0.29) is 17.5 Å². The fourth-order valence-electron chi connectivity index (χ4n) is 1.01. The first kappa shape index (κ1) is 14.1. The Morgan fingerprint density at radius 3 is 2.53 bits per heavy atom. The molecule has 1 aliphatic heterocycles. The standard InChI is InChI=1S/C8H14N2O5S2/c1-16(11,12)6-5-15-7-3-4-9-8(10-7)17(2,13)14/h3-4,7H,5-6H2,1-2H3,(H,9,10). The first-order valence-electron chi connectivity index (χ1n) is 4.69. The molecule has 1 rings (SSSR count). The number of sulfone groups is 2. The highest BCUT2D eigenvalue weighted by molar-refractivity contribution is 8.05. The van der Waals surface area contributed by atoms with Crippen LogP contribution in [0.1, 0.15) is 0 Å². The van der Waals surface area contributed by atoms with Gasteiger partial charge in [0.1, 0.15) is 9.84 Å². The highest BCUT2D eigenvalue weighted by Gasteiger charge is 2.18. The molecule has 98 valence electrons. The molecule has 7 nitrogen and oxygen atoms in total. The van der Waals surface area contributed by atoms with Crippen LogP contribution in [-0.4, -0.2) is 53.1 Å².